The summed E-state index contributed by atoms with van der Waals surface area (Å²) < 4.78 is 32.0. The molecule has 5 heteroatoms. The summed E-state index contributed by atoms with van der Waals surface area (Å²) in [5.41, 5.74) is 0.838. The minimum absolute atomic E-state index is 0.346. The number of ether oxygens (including phenoxy) is 1. The maximum Gasteiger partial charge on any atom is 0.242 e. The molecule has 0 unspecified atom stereocenters. The van der Waals surface area contributed by atoms with Gasteiger partial charge in [0.2, 0.25) is 10.0 Å². The summed E-state index contributed by atoms with van der Waals surface area (Å²) in [6.45, 7) is 2.48. The number of rotatable bonds is 5. The molecule has 1 saturated carbocycles. The summed E-state index contributed by atoms with van der Waals surface area (Å²) in [4.78, 5) is 0.346. The highest BCUT2D eigenvalue weighted by atomic mass is 32.2. The number of nitrogens with zero attached hydrogens (tertiary/aromatic N) is 1. The Morgan fingerprint density at radius 2 is 1.90 bits per heavy atom. The Labute approximate surface area is 128 Å². The van der Waals surface area contributed by atoms with Gasteiger partial charge in [0.15, 0.2) is 0 Å². The van der Waals surface area contributed by atoms with Crippen molar-refractivity contribution in [3.8, 4) is 5.75 Å². The minimum atomic E-state index is -3.41. The quantitative estimate of drug-likeness (QED) is 0.839. The third-order valence-corrected chi connectivity index (χ3v) is 6.13. The summed E-state index contributed by atoms with van der Waals surface area (Å²) >= 11 is 0. The number of hydrogen-bond donors (Lipinski definition) is 0. The highest BCUT2D eigenvalue weighted by molar-refractivity contribution is 7.89. The molecule has 1 aromatic carbocycles. The lowest BCUT2D eigenvalue weighted by Gasteiger charge is -2.26. The van der Waals surface area contributed by atoms with Crippen molar-refractivity contribution in [2.24, 2.45) is 5.92 Å². The number of benzene rings is 1. The van der Waals surface area contributed by atoms with Gasteiger partial charge >= 0.3 is 0 Å². The summed E-state index contributed by atoms with van der Waals surface area (Å²) in [5.74, 6) is 1.21. The average Bonchev–Trinajstić information content (AvgIpc) is 2.48. The van der Waals surface area contributed by atoms with Crippen LogP contribution < -0.4 is 4.74 Å². The fourth-order valence-electron chi connectivity index (χ4n) is 3.02. The molecule has 0 atom stereocenters. The fraction of sp³-hybridized carbons (Fsp3) is 0.625. The van der Waals surface area contributed by atoms with Crippen molar-refractivity contribution in [1.82, 2.24) is 4.31 Å². The first-order chi connectivity index (χ1) is 9.95. The van der Waals surface area contributed by atoms with E-state index in [1.54, 1.807) is 32.4 Å². The summed E-state index contributed by atoms with van der Waals surface area (Å²) in [6.07, 6.45) is 6.01. The topological polar surface area (TPSA) is 46.6 Å². The number of aryl methyl sites for hydroxylation is 1. The van der Waals surface area contributed by atoms with Gasteiger partial charge in [-0.25, -0.2) is 12.7 Å². The van der Waals surface area contributed by atoms with Crippen LogP contribution in [0.1, 0.15) is 37.7 Å². The second-order valence-corrected chi connectivity index (χ2v) is 7.97. The fourth-order valence-corrected chi connectivity index (χ4v) is 4.36. The molecular formula is C16H25NO3S. The smallest absolute Gasteiger partial charge is 0.242 e. The van der Waals surface area contributed by atoms with E-state index < -0.39 is 10.0 Å². The first-order valence-electron chi connectivity index (χ1n) is 7.56. The molecule has 0 N–H and O–H groups in total. The zero-order valence-electron chi connectivity index (χ0n) is 13.1. The Morgan fingerprint density at radius 1 is 1.24 bits per heavy atom. The average molecular weight is 311 g/mol. The molecule has 118 valence electrons. The Kier molecular flexibility index (Phi) is 5.27. The van der Waals surface area contributed by atoms with Crippen LogP contribution in [-0.4, -0.2) is 33.4 Å². The van der Waals surface area contributed by atoms with Crippen LogP contribution in [0, 0.1) is 12.8 Å². The molecule has 0 aliphatic heterocycles. The molecule has 0 saturated heterocycles. The van der Waals surface area contributed by atoms with E-state index in [-0.39, 0.29) is 0 Å². The van der Waals surface area contributed by atoms with Crippen molar-refractivity contribution in [2.45, 2.75) is 43.9 Å². The summed E-state index contributed by atoms with van der Waals surface area (Å²) in [6, 6.07) is 5.03. The molecule has 0 bridgehead atoms. The van der Waals surface area contributed by atoms with Crippen molar-refractivity contribution in [3.63, 3.8) is 0 Å². The van der Waals surface area contributed by atoms with Crippen molar-refractivity contribution in [3.05, 3.63) is 23.8 Å². The van der Waals surface area contributed by atoms with Crippen LogP contribution in [0.25, 0.3) is 0 Å². The van der Waals surface area contributed by atoms with Crippen LogP contribution in [0.15, 0.2) is 23.1 Å². The van der Waals surface area contributed by atoms with Crippen molar-refractivity contribution >= 4 is 10.0 Å². The van der Waals surface area contributed by atoms with E-state index in [4.69, 9.17) is 4.74 Å². The van der Waals surface area contributed by atoms with E-state index in [1.807, 2.05) is 6.92 Å². The second kappa shape index (κ2) is 6.79. The van der Waals surface area contributed by atoms with E-state index in [9.17, 15) is 8.42 Å². The van der Waals surface area contributed by atoms with Gasteiger partial charge in [-0.2, -0.15) is 0 Å². The number of sulfonamides is 1. The Morgan fingerprint density at radius 3 is 2.48 bits per heavy atom. The van der Waals surface area contributed by atoms with Gasteiger partial charge in [0.05, 0.1) is 12.0 Å². The third kappa shape index (κ3) is 3.77. The summed E-state index contributed by atoms with van der Waals surface area (Å²) in [7, 11) is -0.135. The van der Waals surface area contributed by atoms with Gasteiger partial charge in [-0.15, -0.1) is 0 Å². The Hall–Kier alpha value is -1.07. The molecule has 0 aromatic heterocycles. The van der Waals surface area contributed by atoms with Gasteiger partial charge in [-0.3, -0.25) is 0 Å². The molecule has 21 heavy (non-hydrogen) atoms. The zero-order chi connectivity index (χ0) is 15.5. The lowest BCUT2D eigenvalue weighted by molar-refractivity contribution is 0.300. The molecule has 2 rings (SSSR count). The van der Waals surface area contributed by atoms with Crippen LogP contribution >= 0.6 is 0 Å². The predicted octanol–water partition coefficient (Wildman–Crippen LogP) is 3.20. The van der Waals surface area contributed by atoms with Gasteiger partial charge in [0.25, 0.3) is 0 Å². The lowest BCUT2D eigenvalue weighted by Crippen LogP contribution is -2.32. The third-order valence-electron chi connectivity index (χ3n) is 4.31. The SMILES string of the molecule is COc1ccc(S(=O)(=O)N(C)CC2CCCCC2)cc1C. The van der Waals surface area contributed by atoms with E-state index >= 15 is 0 Å². The largest absolute Gasteiger partial charge is 0.496 e. The molecule has 1 aliphatic carbocycles. The van der Waals surface area contributed by atoms with Crippen LogP contribution in [0.5, 0.6) is 5.75 Å². The highest BCUT2D eigenvalue weighted by Gasteiger charge is 2.25. The first-order valence-corrected chi connectivity index (χ1v) is 9.00. The van der Waals surface area contributed by atoms with Crippen LogP contribution in [0.2, 0.25) is 0 Å². The van der Waals surface area contributed by atoms with Crippen LogP contribution in [-0.2, 0) is 10.0 Å². The molecule has 1 fully saturated rings. The van der Waals surface area contributed by atoms with E-state index in [0.717, 1.165) is 18.4 Å². The first kappa shape index (κ1) is 16.3. The van der Waals surface area contributed by atoms with Crippen molar-refractivity contribution in [1.29, 1.82) is 0 Å². The van der Waals surface area contributed by atoms with Gasteiger partial charge in [-0.1, -0.05) is 19.3 Å². The molecule has 0 radical (unpaired) electrons. The number of methoxy groups -OCH3 is 1. The molecule has 0 heterocycles. The second-order valence-electron chi connectivity index (χ2n) is 5.92. The normalized spacial score (nSPS) is 17.1. The molecule has 0 spiro atoms. The van der Waals surface area contributed by atoms with E-state index in [2.05, 4.69) is 0 Å². The van der Waals surface area contributed by atoms with Crippen molar-refractivity contribution in [2.75, 3.05) is 20.7 Å². The lowest BCUT2D eigenvalue weighted by atomic mass is 9.89. The van der Waals surface area contributed by atoms with Gasteiger partial charge in [0.1, 0.15) is 5.75 Å². The van der Waals surface area contributed by atoms with E-state index in [1.165, 1.54) is 23.6 Å². The van der Waals surface area contributed by atoms with Crippen LogP contribution in [0.3, 0.4) is 0 Å². The van der Waals surface area contributed by atoms with Gasteiger partial charge in [0, 0.05) is 13.6 Å². The van der Waals surface area contributed by atoms with Gasteiger partial charge in [-0.05, 0) is 49.4 Å². The molecule has 0 amide bonds. The standard InChI is InChI=1S/C16H25NO3S/c1-13-11-15(9-10-16(13)20-3)21(18,19)17(2)12-14-7-5-4-6-8-14/h9-11,14H,4-8,12H2,1-3H3. The van der Waals surface area contributed by atoms with Crippen LogP contribution in [0.4, 0.5) is 0 Å². The van der Waals surface area contributed by atoms with Crippen molar-refractivity contribution < 1.29 is 13.2 Å². The highest BCUT2D eigenvalue weighted by Crippen LogP contribution is 2.27. The monoisotopic (exact) mass is 311 g/mol. The maximum atomic E-state index is 12.6. The Balaban J connectivity index is 2.14. The zero-order valence-corrected chi connectivity index (χ0v) is 13.9. The maximum absolute atomic E-state index is 12.6. The number of hydrogen-bond acceptors (Lipinski definition) is 3. The molecule has 1 aromatic rings. The summed E-state index contributed by atoms with van der Waals surface area (Å²) in [5, 5.41) is 0. The predicted molar refractivity (Wildman–Crippen MR) is 84.1 cm³/mol. The van der Waals surface area contributed by atoms with Gasteiger partial charge < -0.3 is 4.74 Å². The molecule has 1 aliphatic rings. The molecule has 4 nitrogen and oxygen atoms in total. The van der Waals surface area contributed by atoms with E-state index in [0.29, 0.717) is 23.1 Å². The Bertz CT molecular complexity index is 577. The molecular weight excluding hydrogens is 286 g/mol. The minimum Gasteiger partial charge on any atom is -0.496 e.